The maximum absolute atomic E-state index is 13.8. The van der Waals surface area contributed by atoms with Crippen molar-refractivity contribution in [2.45, 2.75) is 39.5 Å². The lowest BCUT2D eigenvalue weighted by Crippen LogP contribution is -2.44. The number of hydrogen-bond acceptors (Lipinski definition) is 4. The molecule has 8 heteroatoms. The zero-order chi connectivity index (χ0) is 27.7. The van der Waals surface area contributed by atoms with Crippen LogP contribution in [0.25, 0.3) is 5.69 Å². The zero-order valence-corrected chi connectivity index (χ0v) is 22.0. The van der Waals surface area contributed by atoms with Crippen molar-refractivity contribution in [1.29, 1.82) is 0 Å². The Bertz CT molecular complexity index is 1740. The average molecular weight is 525 g/mol. The van der Waals surface area contributed by atoms with E-state index in [1.54, 1.807) is 31.5 Å². The van der Waals surface area contributed by atoms with Gasteiger partial charge in [-0.15, -0.1) is 0 Å². The molecule has 0 aliphatic rings. The predicted octanol–water partition coefficient (Wildman–Crippen LogP) is 4.69. The van der Waals surface area contributed by atoms with E-state index in [1.165, 1.54) is 22.9 Å². The highest BCUT2D eigenvalue weighted by Gasteiger charge is 2.23. The first-order chi connectivity index (χ1) is 18.7. The van der Waals surface area contributed by atoms with Crippen molar-refractivity contribution in [3.63, 3.8) is 0 Å². The second-order valence-corrected chi connectivity index (χ2v) is 9.75. The van der Waals surface area contributed by atoms with Gasteiger partial charge in [0.05, 0.1) is 30.2 Å². The quantitative estimate of drug-likeness (QED) is 0.335. The second kappa shape index (κ2) is 10.7. The third kappa shape index (κ3) is 5.24. The fourth-order valence-electron chi connectivity index (χ4n) is 4.83. The summed E-state index contributed by atoms with van der Waals surface area (Å²) in [5.41, 5.74) is 3.64. The van der Waals surface area contributed by atoms with E-state index in [1.807, 2.05) is 67.1 Å². The topological polar surface area (TPSA) is 82.0 Å². The fourth-order valence-corrected chi connectivity index (χ4v) is 4.83. The monoisotopic (exact) mass is 524 g/mol. The molecule has 2 aromatic heterocycles. The average Bonchev–Trinajstić information content (AvgIpc) is 3.36. The summed E-state index contributed by atoms with van der Waals surface area (Å²) in [5.74, 6) is -0.409. The van der Waals surface area contributed by atoms with Gasteiger partial charge in [0.1, 0.15) is 11.9 Å². The van der Waals surface area contributed by atoms with Crippen molar-refractivity contribution in [3.05, 3.63) is 152 Å². The number of halogens is 1. The molecule has 2 heterocycles. The van der Waals surface area contributed by atoms with Crippen LogP contribution in [0.1, 0.15) is 52.6 Å². The maximum atomic E-state index is 13.8. The van der Waals surface area contributed by atoms with Crippen LogP contribution in [0.2, 0.25) is 0 Å². The Morgan fingerprint density at radius 1 is 0.923 bits per heavy atom. The Morgan fingerprint density at radius 3 is 2.26 bits per heavy atom. The summed E-state index contributed by atoms with van der Waals surface area (Å²) in [7, 11) is 0. The van der Waals surface area contributed by atoms with E-state index in [0.717, 1.165) is 27.1 Å². The van der Waals surface area contributed by atoms with E-state index in [9.17, 15) is 19.1 Å². The molecule has 7 nitrogen and oxygen atoms in total. The number of rotatable bonds is 7. The van der Waals surface area contributed by atoms with E-state index in [2.05, 4.69) is 4.98 Å². The standard InChI is InChI=1S/C31H29FN4O3/c1-20-15-25(11-14-28(20)35-16-21(2)33-19-35)29(37)27-18-34(17-23-7-5-4-6-8-23)31(39)36(30(27)38)22(3)24-9-12-26(32)13-10-24/h4-16,18-19,22,29,37H,17H2,1-3H3. The molecule has 0 aliphatic carbocycles. The van der Waals surface area contributed by atoms with Gasteiger partial charge in [-0.1, -0.05) is 54.6 Å². The van der Waals surface area contributed by atoms with Crippen molar-refractivity contribution in [3.8, 4) is 5.69 Å². The summed E-state index contributed by atoms with van der Waals surface area (Å²) < 4.78 is 18.0. The highest BCUT2D eigenvalue weighted by Crippen LogP contribution is 2.25. The number of aromatic nitrogens is 4. The maximum Gasteiger partial charge on any atom is 0.331 e. The number of aryl methyl sites for hydroxylation is 2. The van der Waals surface area contributed by atoms with Crippen LogP contribution in [0.4, 0.5) is 4.39 Å². The highest BCUT2D eigenvalue weighted by atomic mass is 19.1. The van der Waals surface area contributed by atoms with E-state index in [0.29, 0.717) is 11.1 Å². The van der Waals surface area contributed by atoms with Crippen molar-refractivity contribution in [2.75, 3.05) is 0 Å². The van der Waals surface area contributed by atoms with Crippen molar-refractivity contribution < 1.29 is 9.50 Å². The molecule has 39 heavy (non-hydrogen) atoms. The minimum Gasteiger partial charge on any atom is -0.383 e. The lowest BCUT2D eigenvalue weighted by molar-refractivity contribution is 0.215. The summed E-state index contributed by atoms with van der Waals surface area (Å²) in [6.07, 6.45) is 3.80. The van der Waals surface area contributed by atoms with Gasteiger partial charge >= 0.3 is 5.69 Å². The van der Waals surface area contributed by atoms with Gasteiger partial charge < -0.3 is 9.67 Å². The van der Waals surface area contributed by atoms with Gasteiger partial charge in [0.15, 0.2) is 0 Å². The molecule has 0 fully saturated rings. The van der Waals surface area contributed by atoms with Crippen LogP contribution >= 0.6 is 0 Å². The molecule has 5 rings (SSSR count). The fraction of sp³-hybridized carbons (Fsp3) is 0.194. The molecular formula is C31H29FN4O3. The number of hydrogen-bond donors (Lipinski definition) is 1. The Hall–Kier alpha value is -4.56. The molecule has 3 aromatic carbocycles. The molecule has 0 saturated heterocycles. The number of imidazole rings is 1. The summed E-state index contributed by atoms with van der Waals surface area (Å²) >= 11 is 0. The van der Waals surface area contributed by atoms with Crippen molar-refractivity contribution in [2.24, 2.45) is 0 Å². The Balaban J connectivity index is 1.62. The lowest BCUT2D eigenvalue weighted by atomic mass is 10.00. The first kappa shape index (κ1) is 26.1. The van der Waals surface area contributed by atoms with Crippen LogP contribution in [0.3, 0.4) is 0 Å². The van der Waals surface area contributed by atoms with Crippen LogP contribution in [0.15, 0.2) is 101 Å². The third-order valence-electron chi connectivity index (χ3n) is 6.97. The molecular weight excluding hydrogens is 495 g/mol. The molecule has 5 aromatic rings. The third-order valence-corrected chi connectivity index (χ3v) is 6.97. The molecule has 2 unspecified atom stereocenters. The van der Waals surface area contributed by atoms with Crippen LogP contribution < -0.4 is 11.2 Å². The lowest BCUT2D eigenvalue weighted by Gasteiger charge is -2.21. The van der Waals surface area contributed by atoms with E-state index >= 15 is 0 Å². The first-order valence-corrected chi connectivity index (χ1v) is 12.7. The van der Waals surface area contributed by atoms with Crippen molar-refractivity contribution >= 4 is 0 Å². The first-order valence-electron chi connectivity index (χ1n) is 12.7. The second-order valence-electron chi connectivity index (χ2n) is 9.75. The van der Waals surface area contributed by atoms with Crippen LogP contribution in [0.5, 0.6) is 0 Å². The Labute approximate surface area is 225 Å². The molecule has 198 valence electrons. The largest absolute Gasteiger partial charge is 0.383 e. The molecule has 0 amide bonds. The smallest absolute Gasteiger partial charge is 0.331 e. The summed E-state index contributed by atoms with van der Waals surface area (Å²) in [6, 6.07) is 19.9. The van der Waals surface area contributed by atoms with Gasteiger partial charge in [0.2, 0.25) is 0 Å². The van der Waals surface area contributed by atoms with Crippen LogP contribution in [-0.2, 0) is 6.54 Å². The number of nitrogens with zero attached hydrogens (tertiary/aromatic N) is 4. The molecule has 1 N–H and O–H groups in total. The SMILES string of the molecule is Cc1cn(-c2ccc(C(O)c3cn(Cc4ccccc4)c(=O)n(C(C)c4ccc(F)cc4)c3=O)cc2C)cn1. The van der Waals surface area contributed by atoms with Gasteiger partial charge in [-0.2, -0.15) is 0 Å². The molecule has 0 spiro atoms. The number of aliphatic hydroxyl groups is 1. The zero-order valence-electron chi connectivity index (χ0n) is 22.0. The van der Waals surface area contributed by atoms with E-state index in [4.69, 9.17) is 0 Å². The Morgan fingerprint density at radius 2 is 1.62 bits per heavy atom. The minimum absolute atomic E-state index is 0.0742. The molecule has 0 aliphatic heterocycles. The molecule has 2 atom stereocenters. The van der Waals surface area contributed by atoms with Gasteiger partial charge in [-0.05, 0) is 61.2 Å². The van der Waals surface area contributed by atoms with Crippen LogP contribution in [-0.4, -0.2) is 23.8 Å². The van der Waals surface area contributed by atoms with Crippen molar-refractivity contribution in [1.82, 2.24) is 18.7 Å². The van der Waals surface area contributed by atoms with Gasteiger partial charge in [-0.25, -0.2) is 14.2 Å². The van der Waals surface area contributed by atoms with Crippen LogP contribution in [0, 0.1) is 19.7 Å². The molecule has 0 radical (unpaired) electrons. The molecule has 0 saturated carbocycles. The highest BCUT2D eigenvalue weighted by molar-refractivity contribution is 5.45. The normalized spacial score (nSPS) is 12.8. The van der Waals surface area contributed by atoms with Gasteiger partial charge in [0, 0.05) is 18.1 Å². The number of benzene rings is 3. The van der Waals surface area contributed by atoms with Gasteiger partial charge in [0.25, 0.3) is 5.56 Å². The van der Waals surface area contributed by atoms with Gasteiger partial charge in [-0.3, -0.25) is 13.9 Å². The molecule has 0 bridgehead atoms. The van der Waals surface area contributed by atoms with E-state index < -0.39 is 29.2 Å². The summed E-state index contributed by atoms with van der Waals surface area (Å²) in [4.78, 5) is 31.7. The van der Waals surface area contributed by atoms with E-state index in [-0.39, 0.29) is 12.1 Å². The number of aliphatic hydroxyl groups excluding tert-OH is 1. The minimum atomic E-state index is -1.27. The summed E-state index contributed by atoms with van der Waals surface area (Å²) in [6.45, 7) is 5.76. The predicted molar refractivity (Wildman–Crippen MR) is 148 cm³/mol. The Kier molecular flexibility index (Phi) is 7.13. The summed E-state index contributed by atoms with van der Waals surface area (Å²) in [5, 5.41) is 11.5.